The molecule has 0 aliphatic heterocycles. The second kappa shape index (κ2) is 9.61. The molecule has 1 saturated carbocycles. The van der Waals surface area contributed by atoms with Crippen LogP contribution in [-0.2, 0) is 4.79 Å². The van der Waals surface area contributed by atoms with Crippen LogP contribution in [0.15, 0.2) is 4.99 Å². The Labute approximate surface area is 123 Å². The monoisotopic (exact) mass is 282 g/mol. The van der Waals surface area contributed by atoms with E-state index >= 15 is 0 Å². The van der Waals surface area contributed by atoms with Gasteiger partial charge in [-0.05, 0) is 33.6 Å². The molecule has 0 aromatic carbocycles. The van der Waals surface area contributed by atoms with Crippen LogP contribution in [-0.4, -0.2) is 37.0 Å². The van der Waals surface area contributed by atoms with Gasteiger partial charge in [0.15, 0.2) is 5.96 Å². The molecule has 116 valence electrons. The van der Waals surface area contributed by atoms with Crippen molar-refractivity contribution in [3.63, 3.8) is 0 Å². The van der Waals surface area contributed by atoms with Crippen molar-refractivity contribution in [2.75, 3.05) is 13.1 Å². The maximum Gasteiger partial charge on any atom is 0.222 e. The molecule has 0 heterocycles. The summed E-state index contributed by atoms with van der Waals surface area (Å²) < 4.78 is 0. The van der Waals surface area contributed by atoms with Crippen LogP contribution in [0.2, 0.25) is 0 Å². The molecule has 0 radical (unpaired) electrons. The fraction of sp³-hybridized carbons (Fsp3) is 0.867. The molecule has 1 fully saturated rings. The van der Waals surface area contributed by atoms with Crippen molar-refractivity contribution in [3.8, 4) is 0 Å². The van der Waals surface area contributed by atoms with E-state index in [9.17, 15) is 4.79 Å². The van der Waals surface area contributed by atoms with Gasteiger partial charge < -0.3 is 16.0 Å². The summed E-state index contributed by atoms with van der Waals surface area (Å²) in [5.41, 5.74) is 0. The van der Waals surface area contributed by atoms with E-state index < -0.39 is 0 Å². The van der Waals surface area contributed by atoms with E-state index in [1.54, 1.807) is 0 Å². The number of rotatable bonds is 6. The SMILES string of the molecule is CCNC(=NCCC(=O)NC1CCCCC1)NC(C)C. The normalized spacial score (nSPS) is 17.1. The van der Waals surface area contributed by atoms with E-state index in [2.05, 4.69) is 34.8 Å². The van der Waals surface area contributed by atoms with Gasteiger partial charge in [0.25, 0.3) is 0 Å². The molecule has 5 heteroatoms. The van der Waals surface area contributed by atoms with E-state index in [1.165, 1.54) is 19.3 Å². The van der Waals surface area contributed by atoms with Crippen molar-refractivity contribution in [1.29, 1.82) is 0 Å². The number of guanidine groups is 1. The van der Waals surface area contributed by atoms with Crippen molar-refractivity contribution in [2.45, 2.75) is 71.4 Å². The quantitative estimate of drug-likeness (QED) is 0.514. The smallest absolute Gasteiger partial charge is 0.222 e. The number of hydrogen-bond acceptors (Lipinski definition) is 2. The lowest BCUT2D eigenvalue weighted by molar-refractivity contribution is -0.121. The molecular formula is C15H30N4O. The van der Waals surface area contributed by atoms with Crippen LogP contribution in [0.3, 0.4) is 0 Å². The Morgan fingerprint density at radius 1 is 1.25 bits per heavy atom. The van der Waals surface area contributed by atoms with Gasteiger partial charge in [-0.15, -0.1) is 0 Å². The zero-order valence-electron chi connectivity index (χ0n) is 13.2. The zero-order chi connectivity index (χ0) is 14.8. The minimum atomic E-state index is 0.126. The fourth-order valence-corrected chi connectivity index (χ4v) is 2.41. The maximum absolute atomic E-state index is 11.9. The minimum absolute atomic E-state index is 0.126. The molecule has 1 amide bonds. The van der Waals surface area contributed by atoms with Crippen molar-refractivity contribution in [2.24, 2.45) is 4.99 Å². The van der Waals surface area contributed by atoms with E-state index in [-0.39, 0.29) is 5.91 Å². The molecular weight excluding hydrogens is 252 g/mol. The Morgan fingerprint density at radius 3 is 2.55 bits per heavy atom. The molecule has 1 aliphatic carbocycles. The highest BCUT2D eigenvalue weighted by Gasteiger charge is 2.15. The van der Waals surface area contributed by atoms with E-state index in [4.69, 9.17) is 0 Å². The van der Waals surface area contributed by atoms with Crippen LogP contribution in [0, 0.1) is 0 Å². The van der Waals surface area contributed by atoms with Gasteiger partial charge in [-0.2, -0.15) is 0 Å². The number of hydrogen-bond donors (Lipinski definition) is 3. The number of nitrogens with one attached hydrogen (secondary N) is 3. The predicted octanol–water partition coefficient (Wildman–Crippen LogP) is 1.79. The standard InChI is InChI=1S/C15H30N4O/c1-4-16-15(18-12(2)3)17-11-10-14(20)19-13-8-6-5-7-9-13/h12-13H,4-11H2,1-3H3,(H,19,20)(H2,16,17,18). The molecule has 3 N–H and O–H groups in total. The lowest BCUT2D eigenvalue weighted by Crippen LogP contribution is -2.41. The van der Waals surface area contributed by atoms with E-state index in [1.807, 2.05) is 6.92 Å². The highest BCUT2D eigenvalue weighted by atomic mass is 16.1. The summed E-state index contributed by atoms with van der Waals surface area (Å²) in [5.74, 6) is 0.911. The first kappa shape index (κ1) is 16.8. The third kappa shape index (κ3) is 7.36. The summed E-state index contributed by atoms with van der Waals surface area (Å²) in [6.07, 6.45) is 6.52. The lowest BCUT2D eigenvalue weighted by Gasteiger charge is -2.22. The topological polar surface area (TPSA) is 65.5 Å². The van der Waals surface area contributed by atoms with Gasteiger partial charge in [0.2, 0.25) is 5.91 Å². The van der Waals surface area contributed by atoms with Crippen molar-refractivity contribution >= 4 is 11.9 Å². The van der Waals surface area contributed by atoms with Crippen LogP contribution in [0.4, 0.5) is 0 Å². The molecule has 0 atom stereocenters. The summed E-state index contributed by atoms with van der Waals surface area (Å²) in [7, 11) is 0. The van der Waals surface area contributed by atoms with Gasteiger partial charge in [-0.1, -0.05) is 19.3 Å². The predicted molar refractivity (Wildman–Crippen MR) is 83.9 cm³/mol. The van der Waals surface area contributed by atoms with Crippen molar-refractivity contribution in [3.05, 3.63) is 0 Å². The highest BCUT2D eigenvalue weighted by Crippen LogP contribution is 2.17. The molecule has 0 unspecified atom stereocenters. The largest absolute Gasteiger partial charge is 0.357 e. The number of amides is 1. The van der Waals surface area contributed by atoms with Gasteiger partial charge in [0.05, 0.1) is 6.54 Å². The molecule has 20 heavy (non-hydrogen) atoms. The molecule has 1 aliphatic rings. The van der Waals surface area contributed by atoms with Gasteiger partial charge in [-0.3, -0.25) is 9.79 Å². The molecule has 0 aromatic heterocycles. The summed E-state index contributed by atoms with van der Waals surface area (Å²) in [6, 6.07) is 0.728. The van der Waals surface area contributed by atoms with Gasteiger partial charge in [0, 0.05) is 25.0 Å². The van der Waals surface area contributed by atoms with E-state index in [0.29, 0.717) is 25.0 Å². The van der Waals surface area contributed by atoms with E-state index in [0.717, 1.165) is 25.3 Å². The lowest BCUT2D eigenvalue weighted by atomic mass is 9.95. The molecule has 0 saturated heterocycles. The summed E-state index contributed by atoms with van der Waals surface area (Å²) in [5, 5.41) is 9.54. The van der Waals surface area contributed by atoms with Crippen LogP contribution in [0.25, 0.3) is 0 Å². The third-order valence-electron chi connectivity index (χ3n) is 3.35. The molecule has 0 spiro atoms. The maximum atomic E-state index is 11.9. The van der Waals surface area contributed by atoms with Crippen LogP contribution >= 0.6 is 0 Å². The average molecular weight is 282 g/mol. The summed E-state index contributed by atoms with van der Waals surface area (Å²) >= 11 is 0. The first-order chi connectivity index (χ1) is 9.61. The second-order valence-electron chi connectivity index (χ2n) is 5.71. The fourth-order valence-electron chi connectivity index (χ4n) is 2.41. The average Bonchev–Trinajstić information content (AvgIpc) is 2.39. The number of aliphatic imine (C=N–C) groups is 1. The second-order valence-corrected chi connectivity index (χ2v) is 5.71. The summed E-state index contributed by atoms with van der Waals surface area (Å²) in [4.78, 5) is 16.3. The van der Waals surface area contributed by atoms with Crippen LogP contribution < -0.4 is 16.0 Å². The Morgan fingerprint density at radius 2 is 1.95 bits per heavy atom. The number of carbonyl (C=O) groups excluding carboxylic acids is 1. The van der Waals surface area contributed by atoms with Crippen molar-refractivity contribution < 1.29 is 4.79 Å². The van der Waals surface area contributed by atoms with Gasteiger partial charge in [0.1, 0.15) is 0 Å². The van der Waals surface area contributed by atoms with Gasteiger partial charge >= 0.3 is 0 Å². The molecule has 1 rings (SSSR count). The molecule has 0 aromatic rings. The van der Waals surface area contributed by atoms with Crippen molar-refractivity contribution in [1.82, 2.24) is 16.0 Å². The Kier molecular flexibility index (Phi) is 8.07. The first-order valence-electron chi connectivity index (χ1n) is 7.96. The number of carbonyl (C=O) groups is 1. The minimum Gasteiger partial charge on any atom is -0.357 e. The Bertz CT molecular complexity index is 309. The van der Waals surface area contributed by atoms with Crippen LogP contribution in [0.5, 0.6) is 0 Å². The summed E-state index contributed by atoms with van der Waals surface area (Å²) in [6.45, 7) is 7.53. The number of nitrogens with zero attached hydrogens (tertiary/aromatic N) is 1. The third-order valence-corrected chi connectivity index (χ3v) is 3.35. The Hall–Kier alpha value is -1.26. The molecule has 0 bridgehead atoms. The molecule has 5 nitrogen and oxygen atoms in total. The van der Waals surface area contributed by atoms with Crippen LogP contribution in [0.1, 0.15) is 59.3 Å². The zero-order valence-corrected chi connectivity index (χ0v) is 13.2. The first-order valence-corrected chi connectivity index (χ1v) is 7.96. The van der Waals surface area contributed by atoms with Gasteiger partial charge in [-0.25, -0.2) is 0 Å². The highest BCUT2D eigenvalue weighted by molar-refractivity contribution is 5.81. The Balaban J connectivity index is 2.26.